The van der Waals surface area contributed by atoms with Crippen LogP contribution in [0.15, 0.2) is 0 Å². The van der Waals surface area contributed by atoms with Crippen LogP contribution < -0.4 is 0 Å². The van der Waals surface area contributed by atoms with Gasteiger partial charge in [0, 0.05) is 0 Å². The van der Waals surface area contributed by atoms with E-state index in [9.17, 15) is 5.11 Å². The lowest BCUT2D eigenvalue weighted by Gasteiger charge is -2.16. The fraction of sp³-hybridized carbons (Fsp3) is 1.00. The van der Waals surface area contributed by atoms with Crippen LogP contribution >= 0.6 is 0 Å². The van der Waals surface area contributed by atoms with Gasteiger partial charge in [-0.1, -0.05) is 0 Å². The summed E-state index contributed by atoms with van der Waals surface area (Å²) in [5.41, 5.74) is 0. The van der Waals surface area contributed by atoms with Gasteiger partial charge in [-0.2, -0.15) is 5.11 Å². The first-order valence-corrected chi connectivity index (χ1v) is 3.71. The molecule has 0 aromatic heterocycles. The van der Waals surface area contributed by atoms with Gasteiger partial charge in [-0.25, -0.2) is 0 Å². The lowest BCUT2D eigenvalue weighted by molar-refractivity contribution is -0.210. The Balaban J connectivity index is 2.22. The van der Waals surface area contributed by atoms with E-state index in [1.54, 1.807) is 0 Å². The van der Waals surface area contributed by atoms with Crippen molar-refractivity contribution in [1.82, 2.24) is 0 Å². The molecular formula is C7H13O4. The normalized spacial score (nSPS) is 27.8. The van der Waals surface area contributed by atoms with Gasteiger partial charge in [-0.15, -0.1) is 0 Å². The lowest BCUT2D eigenvalue weighted by Crippen LogP contribution is -2.31. The van der Waals surface area contributed by atoms with Gasteiger partial charge in [0.25, 0.3) is 0 Å². The number of hydrogen-bond donors (Lipinski definition) is 0. The second-order valence-electron chi connectivity index (χ2n) is 2.75. The van der Waals surface area contributed by atoms with E-state index in [0.29, 0.717) is 6.61 Å². The van der Waals surface area contributed by atoms with Crippen LogP contribution in [0.25, 0.3) is 0 Å². The molecule has 1 radical (unpaired) electrons. The van der Waals surface area contributed by atoms with Gasteiger partial charge in [0.1, 0.15) is 12.9 Å². The summed E-state index contributed by atoms with van der Waals surface area (Å²) in [6.45, 7) is 4.20. The Morgan fingerprint density at radius 1 is 1.55 bits per heavy atom. The summed E-state index contributed by atoms with van der Waals surface area (Å²) in [5, 5.41) is 11.1. The fourth-order valence-electron chi connectivity index (χ4n) is 0.861. The molecule has 0 bridgehead atoms. The number of ether oxygens (including phenoxy) is 3. The molecule has 0 aromatic rings. The molecule has 1 fully saturated rings. The van der Waals surface area contributed by atoms with Gasteiger partial charge in [0.15, 0.2) is 0 Å². The Labute approximate surface area is 66.1 Å². The van der Waals surface area contributed by atoms with Gasteiger partial charge in [0.2, 0.25) is 6.29 Å². The van der Waals surface area contributed by atoms with Crippen molar-refractivity contribution in [3.05, 3.63) is 0 Å². The van der Waals surface area contributed by atoms with Crippen LogP contribution in [0.5, 0.6) is 0 Å². The maximum Gasteiger partial charge on any atom is 0.220 e. The van der Waals surface area contributed by atoms with Gasteiger partial charge in [-0.05, 0) is 13.8 Å². The molecule has 0 saturated carbocycles. The molecule has 0 spiro atoms. The number of rotatable bonds is 3. The lowest BCUT2D eigenvalue weighted by atomic mass is 10.3. The van der Waals surface area contributed by atoms with Crippen molar-refractivity contribution < 1.29 is 19.3 Å². The van der Waals surface area contributed by atoms with E-state index >= 15 is 0 Å². The Morgan fingerprint density at radius 2 is 2.27 bits per heavy atom. The molecule has 0 aromatic carbocycles. The quantitative estimate of drug-likeness (QED) is 0.567. The van der Waals surface area contributed by atoms with Crippen LogP contribution in [-0.2, 0) is 19.3 Å². The molecule has 1 aliphatic heterocycles. The SMILES string of the molecule is CC(C)OC([O])C1COCO1. The third kappa shape index (κ3) is 2.75. The van der Waals surface area contributed by atoms with Crippen LogP contribution in [0, 0.1) is 0 Å². The summed E-state index contributed by atoms with van der Waals surface area (Å²) >= 11 is 0. The molecule has 0 amide bonds. The molecule has 0 aliphatic carbocycles. The molecule has 2 atom stereocenters. The van der Waals surface area contributed by atoms with Crippen molar-refractivity contribution in [2.45, 2.75) is 32.3 Å². The van der Waals surface area contributed by atoms with Gasteiger partial charge >= 0.3 is 0 Å². The highest BCUT2D eigenvalue weighted by Crippen LogP contribution is 2.10. The van der Waals surface area contributed by atoms with Crippen molar-refractivity contribution in [2.75, 3.05) is 13.4 Å². The fourth-order valence-corrected chi connectivity index (χ4v) is 0.861. The van der Waals surface area contributed by atoms with Gasteiger partial charge < -0.3 is 14.2 Å². The first-order chi connectivity index (χ1) is 5.20. The molecule has 1 rings (SSSR count). The zero-order valence-corrected chi connectivity index (χ0v) is 6.78. The van der Waals surface area contributed by atoms with E-state index < -0.39 is 12.4 Å². The Morgan fingerprint density at radius 3 is 2.73 bits per heavy atom. The van der Waals surface area contributed by atoms with E-state index in [1.165, 1.54) is 0 Å². The van der Waals surface area contributed by atoms with Gasteiger partial charge in [-0.3, -0.25) is 0 Å². The molecule has 4 nitrogen and oxygen atoms in total. The zero-order chi connectivity index (χ0) is 8.27. The molecule has 2 unspecified atom stereocenters. The first kappa shape index (κ1) is 8.93. The molecule has 65 valence electrons. The minimum atomic E-state index is -1.11. The summed E-state index contributed by atoms with van der Waals surface area (Å²) in [6, 6.07) is 0. The van der Waals surface area contributed by atoms with E-state index in [-0.39, 0.29) is 12.9 Å². The molecule has 11 heavy (non-hydrogen) atoms. The molecule has 4 heteroatoms. The molecule has 1 saturated heterocycles. The third-order valence-corrected chi connectivity index (χ3v) is 1.36. The van der Waals surface area contributed by atoms with E-state index in [1.807, 2.05) is 13.8 Å². The summed E-state index contributed by atoms with van der Waals surface area (Å²) in [7, 11) is 0. The van der Waals surface area contributed by atoms with Crippen LogP contribution in [-0.4, -0.2) is 31.9 Å². The Kier molecular flexibility index (Phi) is 3.26. The van der Waals surface area contributed by atoms with Crippen molar-refractivity contribution >= 4 is 0 Å². The number of hydrogen-bond acceptors (Lipinski definition) is 3. The summed E-state index contributed by atoms with van der Waals surface area (Å²) in [4.78, 5) is 0. The maximum atomic E-state index is 11.1. The second-order valence-corrected chi connectivity index (χ2v) is 2.75. The molecule has 0 N–H and O–H groups in total. The smallest absolute Gasteiger partial charge is 0.220 e. The third-order valence-electron chi connectivity index (χ3n) is 1.36. The highest BCUT2D eigenvalue weighted by molar-refractivity contribution is 4.63. The van der Waals surface area contributed by atoms with Crippen LogP contribution in [0.1, 0.15) is 13.8 Å². The van der Waals surface area contributed by atoms with Crippen molar-refractivity contribution in [2.24, 2.45) is 0 Å². The summed E-state index contributed by atoms with van der Waals surface area (Å²) < 4.78 is 14.8. The largest absolute Gasteiger partial charge is 0.352 e. The Bertz CT molecular complexity index is 109. The minimum absolute atomic E-state index is 0.0540. The molecule has 1 aliphatic rings. The average molecular weight is 161 g/mol. The van der Waals surface area contributed by atoms with E-state index in [2.05, 4.69) is 0 Å². The van der Waals surface area contributed by atoms with E-state index in [0.717, 1.165) is 0 Å². The maximum absolute atomic E-state index is 11.1. The topological polar surface area (TPSA) is 47.6 Å². The van der Waals surface area contributed by atoms with Crippen LogP contribution in [0.4, 0.5) is 0 Å². The van der Waals surface area contributed by atoms with Gasteiger partial charge in [0.05, 0.1) is 12.7 Å². The average Bonchev–Trinajstić information content (AvgIpc) is 2.35. The predicted molar refractivity (Wildman–Crippen MR) is 36.4 cm³/mol. The summed E-state index contributed by atoms with van der Waals surface area (Å²) in [6.07, 6.45) is -1.60. The van der Waals surface area contributed by atoms with E-state index in [4.69, 9.17) is 14.2 Å². The highest BCUT2D eigenvalue weighted by Gasteiger charge is 2.27. The molecule has 1 heterocycles. The summed E-state index contributed by atoms with van der Waals surface area (Å²) in [5.74, 6) is 0. The minimum Gasteiger partial charge on any atom is -0.352 e. The second kappa shape index (κ2) is 4.01. The van der Waals surface area contributed by atoms with Crippen molar-refractivity contribution in [1.29, 1.82) is 0 Å². The first-order valence-electron chi connectivity index (χ1n) is 3.71. The zero-order valence-electron chi connectivity index (χ0n) is 6.78. The van der Waals surface area contributed by atoms with Crippen molar-refractivity contribution in [3.63, 3.8) is 0 Å². The van der Waals surface area contributed by atoms with Crippen LogP contribution in [0.3, 0.4) is 0 Å². The Hall–Kier alpha value is -0.160. The monoisotopic (exact) mass is 161 g/mol. The van der Waals surface area contributed by atoms with Crippen molar-refractivity contribution in [3.8, 4) is 0 Å². The predicted octanol–water partition coefficient (Wildman–Crippen LogP) is 0.541. The highest BCUT2D eigenvalue weighted by atomic mass is 16.7. The standard InChI is InChI=1S/C7H13O4/c1-5(2)11-7(8)6-3-9-4-10-6/h5-7H,3-4H2,1-2H3. The molecular weight excluding hydrogens is 148 g/mol. The van der Waals surface area contributed by atoms with Crippen LogP contribution in [0.2, 0.25) is 0 Å².